The maximum Gasteiger partial charge on any atom is 0.275 e. The fourth-order valence-electron chi connectivity index (χ4n) is 1.93. The second-order valence-electron chi connectivity index (χ2n) is 5.08. The monoisotopic (exact) mass is 317 g/mol. The molecule has 0 saturated heterocycles. The van der Waals surface area contributed by atoms with Gasteiger partial charge in [0, 0.05) is 11.9 Å². The van der Waals surface area contributed by atoms with Crippen molar-refractivity contribution in [2.24, 2.45) is 10.2 Å². The fourth-order valence-corrected chi connectivity index (χ4v) is 1.93. The highest BCUT2D eigenvalue weighted by Crippen LogP contribution is 2.20. The first-order chi connectivity index (χ1) is 11.7. The standard InChI is InChI=1S/C18H15N5O/c1-13-11-20-17(12-19-13)18(24)21-14-7-9-16(10-8-14)23-22-15-5-3-2-4-6-15/h2-12H,1H3,(H,21,24). The zero-order valence-corrected chi connectivity index (χ0v) is 13.0. The number of hydrogen-bond donors (Lipinski definition) is 1. The average molecular weight is 317 g/mol. The zero-order valence-electron chi connectivity index (χ0n) is 13.0. The van der Waals surface area contributed by atoms with Crippen LogP contribution in [0.2, 0.25) is 0 Å². The third-order valence-electron chi connectivity index (χ3n) is 3.18. The number of benzene rings is 2. The largest absolute Gasteiger partial charge is 0.321 e. The molecule has 0 radical (unpaired) electrons. The van der Waals surface area contributed by atoms with Gasteiger partial charge >= 0.3 is 0 Å². The van der Waals surface area contributed by atoms with Crippen LogP contribution in [-0.4, -0.2) is 15.9 Å². The van der Waals surface area contributed by atoms with E-state index in [4.69, 9.17) is 0 Å². The van der Waals surface area contributed by atoms with Gasteiger partial charge in [0.15, 0.2) is 0 Å². The first kappa shape index (κ1) is 15.5. The molecule has 3 rings (SSSR count). The number of aromatic nitrogens is 2. The minimum atomic E-state index is -0.304. The summed E-state index contributed by atoms with van der Waals surface area (Å²) in [7, 11) is 0. The summed E-state index contributed by atoms with van der Waals surface area (Å²) in [5.41, 5.74) is 3.17. The van der Waals surface area contributed by atoms with Gasteiger partial charge in [0.25, 0.3) is 5.91 Å². The quantitative estimate of drug-likeness (QED) is 0.722. The van der Waals surface area contributed by atoms with Crippen LogP contribution >= 0.6 is 0 Å². The first-order valence-electron chi connectivity index (χ1n) is 7.37. The molecule has 1 heterocycles. The number of aryl methyl sites for hydroxylation is 1. The summed E-state index contributed by atoms with van der Waals surface area (Å²) >= 11 is 0. The van der Waals surface area contributed by atoms with Crippen LogP contribution in [0.25, 0.3) is 0 Å². The third kappa shape index (κ3) is 4.07. The zero-order chi connectivity index (χ0) is 16.8. The van der Waals surface area contributed by atoms with Crippen molar-refractivity contribution in [2.45, 2.75) is 6.92 Å². The molecule has 6 heteroatoms. The van der Waals surface area contributed by atoms with Gasteiger partial charge in [-0.3, -0.25) is 9.78 Å². The topological polar surface area (TPSA) is 79.6 Å². The third-order valence-corrected chi connectivity index (χ3v) is 3.18. The Bertz CT molecular complexity index is 843. The Labute approximate surface area is 139 Å². The van der Waals surface area contributed by atoms with Gasteiger partial charge in [-0.15, -0.1) is 0 Å². The van der Waals surface area contributed by atoms with E-state index in [2.05, 4.69) is 25.5 Å². The first-order valence-corrected chi connectivity index (χ1v) is 7.37. The van der Waals surface area contributed by atoms with Gasteiger partial charge in [-0.2, -0.15) is 10.2 Å². The number of rotatable bonds is 4. The average Bonchev–Trinajstić information content (AvgIpc) is 2.62. The van der Waals surface area contributed by atoms with Crippen molar-refractivity contribution in [3.05, 3.63) is 78.4 Å². The minimum absolute atomic E-state index is 0.272. The summed E-state index contributed by atoms with van der Waals surface area (Å²) in [5, 5.41) is 11.1. The molecule has 1 amide bonds. The highest BCUT2D eigenvalue weighted by atomic mass is 16.1. The molecular weight excluding hydrogens is 302 g/mol. The number of hydrogen-bond acceptors (Lipinski definition) is 5. The second-order valence-corrected chi connectivity index (χ2v) is 5.08. The molecule has 6 nitrogen and oxygen atoms in total. The van der Waals surface area contributed by atoms with Crippen LogP contribution in [0.1, 0.15) is 16.2 Å². The summed E-state index contributed by atoms with van der Waals surface area (Å²) in [6, 6.07) is 16.6. The van der Waals surface area contributed by atoms with Crippen molar-refractivity contribution < 1.29 is 4.79 Å². The lowest BCUT2D eigenvalue weighted by Crippen LogP contribution is -2.13. The molecule has 0 spiro atoms. The highest BCUT2D eigenvalue weighted by Gasteiger charge is 2.07. The van der Waals surface area contributed by atoms with E-state index in [9.17, 15) is 4.79 Å². The van der Waals surface area contributed by atoms with Gasteiger partial charge in [0.2, 0.25) is 0 Å². The van der Waals surface area contributed by atoms with Crippen molar-refractivity contribution >= 4 is 23.0 Å². The highest BCUT2D eigenvalue weighted by molar-refractivity contribution is 6.02. The van der Waals surface area contributed by atoms with Crippen LogP contribution in [0.4, 0.5) is 17.1 Å². The summed E-state index contributed by atoms with van der Waals surface area (Å²) in [6.45, 7) is 1.82. The molecule has 0 aliphatic heterocycles. The van der Waals surface area contributed by atoms with Gasteiger partial charge in [0.1, 0.15) is 5.69 Å². The number of carbonyl (C=O) groups is 1. The van der Waals surface area contributed by atoms with Crippen LogP contribution in [0.3, 0.4) is 0 Å². The fraction of sp³-hybridized carbons (Fsp3) is 0.0556. The Hall–Kier alpha value is -3.41. The summed E-state index contributed by atoms with van der Waals surface area (Å²) in [5.74, 6) is -0.304. The Kier molecular flexibility index (Phi) is 4.67. The molecule has 0 aliphatic carbocycles. The number of anilines is 1. The number of azo groups is 1. The van der Waals surface area contributed by atoms with E-state index >= 15 is 0 Å². The lowest BCUT2D eigenvalue weighted by Gasteiger charge is -2.04. The van der Waals surface area contributed by atoms with Gasteiger partial charge in [-0.1, -0.05) is 18.2 Å². The second kappa shape index (κ2) is 7.23. The molecule has 0 saturated carbocycles. The SMILES string of the molecule is Cc1cnc(C(=O)Nc2ccc(N=Nc3ccccc3)cc2)cn1. The van der Waals surface area contributed by atoms with Gasteiger partial charge in [0.05, 0.1) is 23.3 Å². The van der Waals surface area contributed by atoms with Gasteiger partial charge < -0.3 is 5.32 Å². The summed E-state index contributed by atoms with van der Waals surface area (Å²) in [4.78, 5) is 20.2. The van der Waals surface area contributed by atoms with Crippen LogP contribution in [0.5, 0.6) is 0 Å². The van der Waals surface area contributed by atoms with Crippen LogP contribution in [-0.2, 0) is 0 Å². The molecule has 0 fully saturated rings. The van der Waals surface area contributed by atoms with Gasteiger partial charge in [-0.25, -0.2) is 4.98 Å². The molecule has 1 N–H and O–H groups in total. The molecule has 2 aromatic carbocycles. The van der Waals surface area contributed by atoms with E-state index in [0.717, 1.165) is 11.4 Å². The Morgan fingerprint density at radius 3 is 2.17 bits per heavy atom. The molecule has 1 aromatic heterocycles. The lowest BCUT2D eigenvalue weighted by atomic mass is 10.2. The predicted octanol–water partition coefficient (Wildman–Crippen LogP) is 4.45. The Morgan fingerprint density at radius 1 is 0.875 bits per heavy atom. The van der Waals surface area contributed by atoms with Crippen LogP contribution in [0.15, 0.2) is 77.2 Å². The normalized spacial score (nSPS) is 10.7. The van der Waals surface area contributed by atoms with Crippen molar-refractivity contribution in [3.63, 3.8) is 0 Å². The molecule has 0 bridgehead atoms. The van der Waals surface area contributed by atoms with Crippen LogP contribution in [0, 0.1) is 6.92 Å². The van der Waals surface area contributed by atoms with E-state index in [1.807, 2.05) is 37.3 Å². The summed E-state index contributed by atoms with van der Waals surface area (Å²) in [6.07, 6.45) is 3.01. The maximum absolute atomic E-state index is 12.1. The van der Waals surface area contributed by atoms with E-state index in [-0.39, 0.29) is 11.6 Å². The number of amides is 1. The van der Waals surface area contributed by atoms with E-state index < -0.39 is 0 Å². The molecule has 118 valence electrons. The molecule has 0 unspecified atom stereocenters. The maximum atomic E-state index is 12.1. The summed E-state index contributed by atoms with van der Waals surface area (Å²) < 4.78 is 0. The van der Waals surface area contributed by atoms with E-state index in [1.165, 1.54) is 6.20 Å². The van der Waals surface area contributed by atoms with Crippen molar-refractivity contribution in [2.75, 3.05) is 5.32 Å². The lowest BCUT2D eigenvalue weighted by molar-refractivity contribution is 0.102. The van der Waals surface area contributed by atoms with Crippen molar-refractivity contribution in [3.8, 4) is 0 Å². The van der Waals surface area contributed by atoms with E-state index in [0.29, 0.717) is 11.4 Å². The van der Waals surface area contributed by atoms with Crippen LogP contribution < -0.4 is 5.32 Å². The molecule has 0 atom stereocenters. The Morgan fingerprint density at radius 2 is 1.54 bits per heavy atom. The van der Waals surface area contributed by atoms with E-state index in [1.54, 1.807) is 30.5 Å². The molecule has 0 aliphatic rings. The minimum Gasteiger partial charge on any atom is -0.321 e. The number of nitrogens with one attached hydrogen (secondary N) is 1. The number of carbonyl (C=O) groups excluding carboxylic acids is 1. The molecule has 24 heavy (non-hydrogen) atoms. The van der Waals surface area contributed by atoms with Gasteiger partial charge in [-0.05, 0) is 43.3 Å². The molecular formula is C18H15N5O. The smallest absolute Gasteiger partial charge is 0.275 e. The molecule has 3 aromatic rings. The van der Waals surface area contributed by atoms with Crippen molar-refractivity contribution in [1.29, 1.82) is 0 Å². The van der Waals surface area contributed by atoms with Crippen molar-refractivity contribution in [1.82, 2.24) is 9.97 Å². The Balaban J connectivity index is 1.65. The predicted molar refractivity (Wildman–Crippen MR) is 91.8 cm³/mol. The number of nitrogens with zero attached hydrogens (tertiary/aromatic N) is 4.